The van der Waals surface area contributed by atoms with E-state index in [2.05, 4.69) is 58.9 Å². The van der Waals surface area contributed by atoms with Gasteiger partial charge in [0.25, 0.3) is 0 Å². The van der Waals surface area contributed by atoms with Gasteiger partial charge in [0.2, 0.25) is 0 Å². The predicted molar refractivity (Wildman–Crippen MR) is 124 cm³/mol. The smallest absolute Gasteiger partial charge is 0.158 e. The number of ketones is 2. The molecule has 4 heteroatoms. The molecule has 5 rings (SSSR count). The number of ether oxygens (including phenoxy) is 1. The van der Waals surface area contributed by atoms with Gasteiger partial charge < -0.3 is 4.74 Å². The van der Waals surface area contributed by atoms with Crippen LogP contribution in [0.1, 0.15) is 86.4 Å². The Morgan fingerprint density at radius 3 is 2.03 bits per heavy atom. The van der Waals surface area contributed by atoms with E-state index in [1.54, 1.807) is 6.20 Å². The Morgan fingerprint density at radius 2 is 1.50 bits per heavy atom. The maximum Gasteiger partial charge on any atom is 0.158 e. The summed E-state index contributed by atoms with van der Waals surface area (Å²) in [7, 11) is 0. The first kappa shape index (κ1) is 21.3. The van der Waals surface area contributed by atoms with Crippen molar-refractivity contribution < 1.29 is 14.3 Å². The van der Waals surface area contributed by atoms with Crippen LogP contribution in [-0.2, 0) is 30.8 Å². The number of fused-ring (bicyclic) bond motifs is 1. The largest absolute Gasteiger partial charge is 0.358 e. The van der Waals surface area contributed by atoms with Crippen LogP contribution in [0, 0.1) is 6.92 Å². The third-order valence-electron chi connectivity index (χ3n) is 7.56. The second kappa shape index (κ2) is 6.95. The molecular weight excluding hydrogens is 398 g/mol. The van der Waals surface area contributed by atoms with Gasteiger partial charge in [-0.3, -0.25) is 14.6 Å². The van der Waals surface area contributed by atoms with Gasteiger partial charge in [0.15, 0.2) is 5.60 Å². The van der Waals surface area contributed by atoms with Crippen molar-refractivity contribution in [3.05, 3.63) is 76.1 Å². The first-order valence-electron chi connectivity index (χ1n) is 11.6. The normalized spacial score (nSPS) is 26.2. The number of benzene rings is 1. The summed E-state index contributed by atoms with van der Waals surface area (Å²) in [6, 6.07) is 8.45. The van der Waals surface area contributed by atoms with Gasteiger partial charge in [-0.05, 0) is 47.2 Å². The van der Waals surface area contributed by atoms with Crippen LogP contribution in [0.3, 0.4) is 0 Å². The first-order chi connectivity index (χ1) is 15.1. The zero-order valence-electron chi connectivity index (χ0n) is 19.6. The van der Waals surface area contributed by atoms with Crippen molar-refractivity contribution in [3.8, 4) is 0 Å². The Morgan fingerprint density at radius 1 is 0.906 bits per heavy atom. The molecule has 1 saturated carbocycles. The highest BCUT2D eigenvalue weighted by atomic mass is 16.6. The topological polar surface area (TPSA) is 59.6 Å². The van der Waals surface area contributed by atoms with E-state index in [0.29, 0.717) is 31.4 Å². The van der Waals surface area contributed by atoms with Gasteiger partial charge >= 0.3 is 0 Å². The van der Waals surface area contributed by atoms with Crippen molar-refractivity contribution in [1.29, 1.82) is 0 Å². The summed E-state index contributed by atoms with van der Waals surface area (Å²) >= 11 is 0. The lowest BCUT2D eigenvalue weighted by Gasteiger charge is -2.38. The number of pyridine rings is 1. The molecule has 4 nitrogen and oxygen atoms in total. The molecule has 1 atom stereocenters. The molecule has 0 amide bonds. The first-order valence-corrected chi connectivity index (χ1v) is 11.6. The number of rotatable bonds is 3. The lowest BCUT2D eigenvalue weighted by Crippen LogP contribution is -2.30. The summed E-state index contributed by atoms with van der Waals surface area (Å²) in [5.41, 5.74) is 5.96. The number of allylic oxidation sites excluding steroid dienone is 2. The average Bonchev–Trinajstić information content (AvgIpc) is 3.53. The minimum atomic E-state index is -0.651. The second-order valence-electron chi connectivity index (χ2n) is 10.8. The number of epoxide rings is 1. The van der Waals surface area contributed by atoms with Crippen LogP contribution in [0.2, 0.25) is 0 Å². The standard InChI is InChI=1S/C28H31NO3/c1-17-13-20-21(27(4,5)12-11-26(20,2)3)14-19(17)28(16-32-28)24-10-9-18(15-29-24)25-22(30)7-6-8-23(25)31/h9-15,25H,6-8,16H2,1-5H3. The van der Waals surface area contributed by atoms with Crippen molar-refractivity contribution in [1.82, 2.24) is 4.98 Å². The Hall–Kier alpha value is -2.59. The molecule has 32 heavy (non-hydrogen) atoms. The Balaban J connectivity index is 1.54. The van der Waals surface area contributed by atoms with Gasteiger partial charge in [-0.1, -0.05) is 58.0 Å². The van der Waals surface area contributed by atoms with Crippen LogP contribution in [0.15, 0.2) is 42.6 Å². The molecular formula is C28H31NO3. The molecule has 1 aromatic carbocycles. The number of carbonyl (C=O) groups is 2. The fraction of sp³-hybridized carbons (Fsp3) is 0.464. The van der Waals surface area contributed by atoms with E-state index >= 15 is 0 Å². The molecule has 2 fully saturated rings. The molecule has 3 aliphatic rings. The third kappa shape index (κ3) is 3.19. The lowest BCUT2D eigenvalue weighted by atomic mass is 9.66. The number of aryl methyl sites for hydroxylation is 1. The highest BCUT2D eigenvalue weighted by Crippen LogP contribution is 2.49. The van der Waals surface area contributed by atoms with Crippen LogP contribution in [0.25, 0.3) is 0 Å². The molecule has 0 N–H and O–H groups in total. The molecule has 0 bridgehead atoms. The van der Waals surface area contributed by atoms with Crippen LogP contribution in [0.4, 0.5) is 0 Å². The molecule has 0 spiro atoms. The van der Waals surface area contributed by atoms with E-state index in [9.17, 15) is 9.59 Å². The van der Waals surface area contributed by atoms with Crippen LogP contribution < -0.4 is 0 Å². The second-order valence-corrected chi connectivity index (χ2v) is 10.8. The van der Waals surface area contributed by atoms with Gasteiger partial charge in [0.05, 0.1) is 12.3 Å². The monoisotopic (exact) mass is 429 g/mol. The number of aromatic nitrogens is 1. The maximum absolute atomic E-state index is 12.3. The summed E-state index contributed by atoms with van der Waals surface area (Å²) in [5, 5.41) is 0. The van der Waals surface area contributed by atoms with Gasteiger partial charge in [-0.25, -0.2) is 0 Å². The maximum atomic E-state index is 12.3. The molecule has 2 aromatic rings. The fourth-order valence-electron chi connectivity index (χ4n) is 5.41. The van der Waals surface area contributed by atoms with E-state index in [1.807, 2.05) is 12.1 Å². The summed E-state index contributed by atoms with van der Waals surface area (Å²) in [4.78, 5) is 29.4. The summed E-state index contributed by atoms with van der Waals surface area (Å²) in [6.07, 6.45) is 7.93. The average molecular weight is 430 g/mol. The number of hydrogen-bond donors (Lipinski definition) is 0. The van der Waals surface area contributed by atoms with Crippen molar-refractivity contribution >= 4 is 11.6 Å². The zero-order valence-corrected chi connectivity index (χ0v) is 19.6. The molecule has 1 aliphatic heterocycles. The van der Waals surface area contributed by atoms with Gasteiger partial charge in [0.1, 0.15) is 17.5 Å². The van der Waals surface area contributed by atoms with Gasteiger partial charge in [-0.15, -0.1) is 0 Å². The van der Waals surface area contributed by atoms with Crippen molar-refractivity contribution in [2.45, 2.75) is 76.2 Å². The van der Waals surface area contributed by atoms with E-state index < -0.39 is 11.5 Å². The fourth-order valence-corrected chi connectivity index (χ4v) is 5.41. The number of nitrogens with zero attached hydrogens (tertiary/aromatic N) is 1. The lowest BCUT2D eigenvalue weighted by molar-refractivity contribution is -0.131. The predicted octanol–water partition coefficient (Wildman–Crippen LogP) is 5.19. The number of hydrogen-bond acceptors (Lipinski definition) is 4. The minimum Gasteiger partial charge on any atom is -0.358 e. The number of carbonyl (C=O) groups excluding carboxylic acids is 2. The Kier molecular flexibility index (Phi) is 4.62. The molecule has 0 radical (unpaired) electrons. The van der Waals surface area contributed by atoms with Crippen LogP contribution in [-0.4, -0.2) is 23.2 Å². The van der Waals surface area contributed by atoms with E-state index in [1.165, 1.54) is 16.7 Å². The summed E-state index contributed by atoms with van der Waals surface area (Å²) in [5.74, 6) is -0.630. The minimum absolute atomic E-state index is 0.00924. The van der Waals surface area contributed by atoms with Gasteiger partial charge in [0, 0.05) is 29.9 Å². The zero-order chi connectivity index (χ0) is 22.9. The van der Waals surface area contributed by atoms with E-state index in [4.69, 9.17) is 9.72 Å². The van der Waals surface area contributed by atoms with E-state index in [-0.39, 0.29) is 22.4 Å². The molecule has 2 aliphatic carbocycles. The summed E-state index contributed by atoms with van der Waals surface area (Å²) < 4.78 is 6.07. The SMILES string of the molecule is Cc1cc2c(cc1C1(c3ccc(C4C(=O)CCCC4=O)cn3)CO1)C(C)(C)C=CC2(C)C. The molecule has 1 aromatic heterocycles. The van der Waals surface area contributed by atoms with Gasteiger partial charge in [-0.2, -0.15) is 0 Å². The molecule has 1 saturated heterocycles. The highest BCUT2D eigenvalue weighted by Gasteiger charge is 2.51. The van der Waals surface area contributed by atoms with Crippen molar-refractivity contribution in [2.24, 2.45) is 0 Å². The van der Waals surface area contributed by atoms with E-state index in [0.717, 1.165) is 11.3 Å². The third-order valence-corrected chi connectivity index (χ3v) is 7.56. The Bertz CT molecular complexity index is 1130. The van der Waals surface area contributed by atoms with Crippen LogP contribution in [0.5, 0.6) is 0 Å². The molecule has 1 unspecified atom stereocenters. The number of Topliss-reactive ketones (excluding diaryl/α,β-unsaturated/α-hetero) is 2. The Labute approximate surface area is 190 Å². The summed E-state index contributed by atoms with van der Waals surface area (Å²) in [6.45, 7) is 11.8. The quantitative estimate of drug-likeness (QED) is 0.382. The van der Waals surface area contributed by atoms with Crippen molar-refractivity contribution in [3.63, 3.8) is 0 Å². The van der Waals surface area contributed by atoms with Crippen molar-refractivity contribution in [2.75, 3.05) is 6.61 Å². The molecule has 166 valence electrons. The van der Waals surface area contributed by atoms with Crippen LogP contribution >= 0.6 is 0 Å². The molecule has 2 heterocycles. The highest BCUT2D eigenvalue weighted by molar-refractivity contribution is 6.09.